The Morgan fingerprint density at radius 1 is 1.47 bits per heavy atom. The summed E-state index contributed by atoms with van der Waals surface area (Å²) in [4.78, 5) is 14.2. The van der Waals surface area contributed by atoms with Gasteiger partial charge >= 0.3 is 0 Å². The van der Waals surface area contributed by atoms with Crippen LogP contribution < -0.4 is 0 Å². The molecule has 1 N–H and O–H groups in total. The first-order chi connectivity index (χ1) is 9.01. The molecule has 2 heterocycles. The SMILES string of the molecule is CC(O)(CC(=O)N1CCOC2(CCOC2)C1)C1CC1. The second kappa shape index (κ2) is 4.72. The number of morpholine rings is 1. The molecule has 1 amide bonds. The number of hydrogen-bond donors (Lipinski definition) is 1. The van der Waals surface area contributed by atoms with Crippen molar-refractivity contribution in [3.8, 4) is 0 Å². The second-order valence-electron chi connectivity index (χ2n) is 6.46. The van der Waals surface area contributed by atoms with Crippen molar-refractivity contribution >= 4 is 5.91 Å². The van der Waals surface area contributed by atoms with Crippen molar-refractivity contribution in [1.29, 1.82) is 0 Å². The van der Waals surface area contributed by atoms with Gasteiger partial charge in [0.05, 0.1) is 31.8 Å². The van der Waals surface area contributed by atoms with Crippen LogP contribution in [0.1, 0.15) is 32.6 Å². The molecule has 1 aliphatic carbocycles. The molecule has 2 saturated heterocycles. The second-order valence-corrected chi connectivity index (χ2v) is 6.46. The number of hydrogen-bond acceptors (Lipinski definition) is 4. The summed E-state index contributed by atoms with van der Waals surface area (Å²) in [6.07, 6.45) is 3.17. The number of amides is 1. The maximum atomic E-state index is 12.4. The number of carbonyl (C=O) groups excluding carboxylic acids is 1. The van der Waals surface area contributed by atoms with Crippen molar-refractivity contribution in [3.05, 3.63) is 0 Å². The van der Waals surface area contributed by atoms with Crippen LogP contribution in [0.2, 0.25) is 0 Å². The summed E-state index contributed by atoms with van der Waals surface area (Å²) in [6.45, 7) is 4.88. The van der Waals surface area contributed by atoms with Crippen molar-refractivity contribution in [2.45, 2.75) is 43.8 Å². The lowest BCUT2D eigenvalue weighted by molar-refractivity contribution is -0.155. The zero-order valence-corrected chi connectivity index (χ0v) is 11.6. The molecule has 2 atom stereocenters. The number of ether oxygens (including phenoxy) is 2. The third-order valence-electron chi connectivity index (χ3n) is 4.63. The number of rotatable bonds is 3. The van der Waals surface area contributed by atoms with Crippen molar-refractivity contribution in [2.24, 2.45) is 5.92 Å². The van der Waals surface area contributed by atoms with Gasteiger partial charge in [0.2, 0.25) is 5.91 Å². The Kier molecular flexibility index (Phi) is 3.31. The van der Waals surface area contributed by atoms with E-state index in [4.69, 9.17) is 9.47 Å². The van der Waals surface area contributed by atoms with Crippen molar-refractivity contribution in [2.75, 3.05) is 32.9 Å². The highest BCUT2D eigenvalue weighted by Gasteiger charge is 2.45. The van der Waals surface area contributed by atoms with Crippen LogP contribution >= 0.6 is 0 Å². The monoisotopic (exact) mass is 269 g/mol. The van der Waals surface area contributed by atoms with Gasteiger partial charge in [0.25, 0.3) is 0 Å². The van der Waals surface area contributed by atoms with Crippen molar-refractivity contribution in [3.63, 3.8) is 0 Å². The van der Waals surface area contributed by atoms with Gasteiger partial charge in [-0.05, 0) is 25.7 Å². The Balaban J connectivity index is 1.60. The molecule has 1 spiro atoms. The van der Waals surface area contributed by atoms with Crippen LogP contribution in [0, 0.1) is 5.92 Å². The minimum atomic E-state index is -0.839. The maximum absolute atomic E-state index is 12.4. The predicted molar refractivity (Wildman–Crippen MR) is 68.7 cm³/mol. The highest BCUT2D eigenvalue weighted by molar-refractivity contribution is 5.77. The third-order valence-corrected chi connectivity index (χ3v) is 4.63. The minimum Gasteiger partial charge on any atom is -0.389 e. The van der Waals surface area contributed by atoms with Crippen LogP contribution in [0.3, 0.4) is 0 Å². The Morgan fingerprint density at radius 3 is 2.89 bits per heavy atom. The average Bonchev–Trinajstić information content (AvgIpc) is 3.14. The van der Waals surface area contributed by atoms with E-state index in [0.29, 0.717) is 38.8 Å². The third kappa shape index (κ3) is 2.78. The summed E-state index contributed by atoms with van der Waals surface area (Å²) in [5.41, 5.74) is -1.13. The standard InChI is InChI=1S/C14H23NO4/c1-13(17,11-2-3-11)8-12(16)15-5-7-19-14(9-15)4-6-18-10-14/h11,17H,2-10H2,1H3. The molecule has 3 rings (SSSR count). The van der Waals surface area contributed by atoms with Gasteiger partial charge in [-0.2, -0.15) is 0 Å². The van der Waals surface area contributed by atoms with E-state index >= 15 is 0 Å². The highest BCUT2D eigenvalue weighted by atomic mass is 16.6. The number of carbonyl (C=O) groups is 1. The first-order valence-electron chi connectivity index (χ1n) is 7.23. The molecule has 5 nitrogen and oxygen atoms in total. The number of aliphatic hydroxyl groups is 1. The molecule has 2 aliphatic heterocycles. The van der Waals surface area contributed by atoms with E-state index < -0.39 is 5.60 Å². The normalized spacial score (nSPS) is 34.5. The summed E-state index contributed by atoms with van der Waals surface area (Å²) in [5, 5.41) is 10.3. The summed E-state index contributed by atoms with van der Waals surface area (Å²) in [5.74, 6) is 0.354. The quantitative estimate of drug-likeness (QED) is 0.813. The Hall–Kier alpha value is -0.650. The van der Waals surface area contributed by atoms with Crippen LogP contribution in [-0.2, 0) is 14.3 Å². The van der Waals surface area contributed by atoms with E-state index in [0.717, 1.165) is 19.3 Å². The lowest BCUT2D eigenvalue weighted by Gasteiger charge is -2.40. The van der Waals surface area contributed by atoms with Crippen molar-refractivity contribution in [1.82, 2.24) is 4.90 Å². The van der Waals surface area contributed by atoms with Gasteiger partial charge in [0.1, 0.15) is 5.60 Å². The summed E-state index contributed by atoms with van der Waals surface area (Å²) >= 11 is 0. The fourth-order valence-corrected chi connectivity index (χ4v) is 3.15. The van der Waals surface area contributed by atoms with E-state index in [-0.39, 0.29) is 17.9 Å². The average molecular weight is 269 g/mol. The molecule has 0 bridgehead atoms. The molecular formula is C14H23NO4. The Labute approximate surface area is 113 Å². The molecule has 19 heavy (non-hydrogen) atoms. The van der Waals surface area contributed by atoms with Gasteiger partial charge in [0.15, 0.2) is 0 Å². The molecule has 2 unspecified atom stereocenters. The topological polar surface area (TPSA) is 59.0 Å². The molecule has 3 aliphatic rings. The van der Waals surface area contributed by atoms with Crippen molar-refractivity contribution < 1.29 is 19.4 Å². The predicted octanol–water partition coefficient (Wildman–Crippen LogP) is 0.555. The first kappa shape index (κ1) is 13.3. The summed E-state index contributed by atoms with van der Waals surface area (Å²) in [6, 6.07) is 0. The summed E-state index contributed by atoms with van der Waals surface area (Å²) in [7, 11) is 0. The molecule has 0 aromatic heterocycles. The molecule has 3 fully saturated rings. The van der Waals surface area contributed by atoms with Gasteiger partial charge in [-0.15, -0.1) is 0 Å². The molecule has 1 saturated carbocycles. The van der Waals surface area contributed by atoms with E-state index in [2.05, 4.69) is 0 Å². The van der Waals surface area contributed by atoms with Gasteiger partial charge in [-0.25, -0.2) is 0 Å². The Bertz CT molecular complexity index is 358. The van der Waals surface area contributed by atoms with Gasteiger partial charge in [0, 0.05) is 19.6 Å². The summed E-state index contributed by atoms with van der Waals surface area (Å²) < 4.78 is 11.2. The molecule has 0 radical (unpaired) electrons. The van der Waals surface area contributed by atoms with Crippen LogP contribution in [0.5, 0.6) is 0 Å². The van der Waals surface area contributed by atoms with Gasteiger partial charge in [-0.1, -0.05) is 0 Å². The van der Waals surface area contributed by atoms with E-state index in [1.807, 2.05) is 4.90 Å². The van der Waals surface area contributed by atoms with Gasteiger partial charge < -0.3 is 19.5 Å². The molecular weight excluding hydrogens is 246 g/mol. The maximum Gasteiger partial charge on any atom is 0.225 e. The van der Waals surface area contributed by atoms with Crippen LogP contribution in [0.25, 0.3) is 0 Å². The molecule has 5 heteroatoms. The fraction of sp³-hybridized carbons (Fsp3) is 0.929. The van der Waals surface area contributed by atoms with E-state index in [1.54, 1.807) is 6.92 Å². The largest absolute Gasteiger partial charge is 0.389 e. The minimum absolute atomic E-state index is 0.0477. The highest BCUT2D eigenvalue weighted by Crippen LogP contribution is 2.41. The van der Waals surface area contributed by atoms with E-state index in [9.17, 15) is 9.90 Å². The number of nitrogens with zero attached hydrogens (tertiary/aromatic N) is 1. The van der Waals surface area contributed by atoms with Gasteiger partial charge in [-0.3, -0.25) is 4.79 Å². The zero-order valence-electron chi connectivity index (χ0n) is 11.6. The molecule has 108 valence electrons. The zero-order chi connectivity index (χ0) is 13.5. The van der Waals surface area contributed by atoms with Crippen LogP contribution in [-0.4, -0.2) is 60.0 Å². The Morgan fingerprint density at radius 2 is 2.26 bits per heavy atom. The van der Waals surface area contributed by atoms with Crippen LogP contribution in [0.4, 0.5) is 0 Å². The smallest absolute Gasteiger partial charge is 0.225 e. The fourth-order valence-electron chi connectivity index (χ4n) is 3.15. The lowest BCUT2D eigenvalue weighted by atomic mass is 9.94. The van der Waals surface area contributed by atoms with Crippen LogP contribution in [0.15, 0.2) is 0 Å². The first-order valence-corrected chi connectivity index (χ1v) is 7.23. The lowest BCUT2D eigenvalue weighted by Crippen LogP contribution is -2.55. The van der Waals surface area contributed by atoms with E-state index in [1.165, 1.54) is 0 Å². The molecule has 0 aromatic carbocycles. The molecule has 0 aromatic rings.